The number of benzene rings is 1. The summed E-state index contributed by atoms with van der Waals surface area (Å²) < 4.78 is 15.3. The molecule has 1 aromatic carbocycles. The van der Waals surface area contributed by atoms with Crippen LogP contribution in [0.2, 0.25) is 0 Å². The van der Waals surface area contributed by atoms with Crippen LogP contribution in [-0.2, 0) is 4.74 Å². The van der Waals surface area contributed by atoms with Crippen LogP contribution < -0.4 is 9.47 Å². The van der Waals surface area contributed by atoms with E-state index in [4.69, 9.17) is 14.2 Å². The number of nitrogens with one attached hydrogen (secondary N) is 1. The van der Waals surface area contributed by atoms with Gasteiger partial charge in [0.15, 0.2) is 0 Å². The molecule has 21 heavy (non-hydrogen) atoms. The van der Waals surface area contributed by atoms with Crippen LogP contribution in [0.3, 0.4) is 0 Å². The molecule has 2 aromatic rings. The number of hydrogen-bond acceptors (Lipinski definition) is 5. The molecule has 0 saturated heterocycles. The minimum absolute atomic E-state index is 0.337. The first-order valence-electron chi connectivity index (χ1n) is 6.21. The van der Waals surface area contributed by atoms with Gasteiger partial charge in [-0.3, -0.25) is 0 Å². The Bertz CT molecular complexity index is 648. The molecule has 0 spiro atoms. The third-order valence-electron chi connectivity index (χ3n) is 2.89. The molecule has 0 bridgehead atoms. The fourth-order valence-electron chi connectivity index (χ4n) is 1.88. The van der Waals surface area contributed by atoms with E-state index in [2.05, 4.69) is 9.97 Å². The molecule has 1 heterocycles. The topological polar surface area (TPSA) is 73.4 Å². The van der Waals surface area contributed by atoms with E-state index in [1.54, 1.807) is 43.8 Å². The fourth-order valence-corrected chi connectivity index (χ4v) is 1.88. The summed E-state index contributed by atoms with van der Waals surface area (Å²) in [7, 11) is 4.36. The second kappa shape index (κ2) is 6.60. The van der Waals surface area contributed by atoms with E-state index in [9.17, 15) is 4.79 Å². The molecule has 6 heteroatoms. The van der Waals surface area contributed by atoms with Crippen LogP contribution in [0.25, 0.3) is 12.2 Å². The van der Waals surface area contributed by atoms with Crippen LogP contribution in [-0.4, -0.2) is 37.3 Å². The lowest BCUT2D eigenvalue weighted by Crippen LogP contribution is -2.07. The Morgan fingerprint density at radius 1 is 1.19 bits per heavy atom. The average Bonchev–Trinajstić information content (AvgIpc) is 3.04. The molecule has 1 aromatic heterocycles. The van der Waals surface area contributed by atoms with Gasteiger partial charge in [0.25, 0.3) is 0 Å². The number of aromatic nitrogens is 2. The minimum atomic E-state index is -0.478. The quantitative estimate of drug-likeness (QED) is 0.855. The molecule has 0 radical (unpaired) electrons. The predicted octanol–water partition coefficient (Wildman–Crippen LogP) is 2.38. The molecule has 0 amide bonds. The maximum Gasteiger partial charge on any atom is 0.342 e. The number of hydrogen-bond donors (Lipinski definition) is 1. The van der Waals surface area contributed by atoms with Crippen molar-refractivity contribution in [3.63, 3.8) is 0 Å². The van der Waals surface area contributed by atoms with Gasteiger partial charge in [0, 0.05) is 18.5 Å². The Balaban J connectivity index is 2.52. The van der Waals surface area contributed by atoms with E-state index in [1.807, 2.05) is 0 Å². The predicted molar refractivity (Wildman–Crippen MR) is 78.4 cm³/mol. The van der Waals surface area contributed by atoms with Gasteiger partial charge in [-0.1, -0.05) is 6.08 Å². The summed E-state index contributed by atoms with van der Waals surface area (Å²) in [5, 5.41) is 0. The number of methoxy groups -OCH3 is 3. The number of esters is 1. The van der Waals surface area contributed by atoms with Crippen LogP contribution in [0.15, 0.2) is 24.5 Å². The van der Waals surface area contributed by atoms with Gasteiger partial charge >= 0.3 is 5.97 Å². The molecule has 0 aliphatic heterocycles. The zero-order valence-corrected chi connectivity index (χ0v) is 12.0. The summed E-state index contributed by atoms with van der Waals surface area (Å²) in [4.78, 5) is 19.0. The van der Waals surface area contributed by atoms with Crippen molar-refractivity contribution >= 4 is 18.1 Å². The minimum Gasteiger partial charge on any atom is -0.497 e. The zero-order chi connectivity index (χ0) is 15.2. The molecular formula is C15H16N2O4. The first-order chi connectivity index (χ1) is 10.2. The Labute approximate surface area is 122 Å². The van der Waals surface area contributed by atoms with Gasteiger partial charge in [0.1, 0.15) is 22.9 Å². The van der Waals surface area contributed by atoms with Crippen molar-refractivity contribution in [1.82, 2.24) is 9.97 Å². The molecule has 0 saturated carbocycles. The van der Waals surface area contributed by atoms with E-state index >= 15 is 0 Å². The van der Waals surface area contributed by atoms with Crippen LogP contribution in [0.1, 0.15) is 21.7 Å². The lowest BCUT2D eigenvalue weighted by molar-refractivity contribution is 0.0597. The van der Waals surface area contributed by atoms with Gasteiger partial charge in [-0.15, -0.1) is 0 Å². The molecule has 0 atom stereocenters. The number of nitrogens with zero attached hydrogens (tertiary/aromatic N) is 1. The van der Waals surface area contributed by atoms with Crippen molar-refractivity contribution in [3.05, 3.63) is 41.5 Å². The van der Waals surface area contributed by atoms with Crippen LogP contribution >= 0.6 is 0 Å². The van der Waals surface area contributed by atoms with Gasteiger partial charge in [0.2, 0.25) is 0 Å². The maximum absolute atomic E-state index is 12.0. The summed E-state index contributed by atoms with van der Waals surface area (Å²) >= 11 is 0. The lowest BCUT2D eigenvalue weighted by Gasteiger charge is -2.12. The van der Waals surface area contributed by atoms with E-state index in [0.717, 1.165) is 0 Å². The third-order valence-corrected chi connectivity index (χ3v) is 2.89. The Morgan fingerprint density at radius 3 is 2.57 bits per heavy atom. The number of carbonyl (C=O) groups is 1. The standard InChI is InChI=1S/C15H16N2O4/c1-19-11-8-10(4-5-13-16-6-7-17-13)14(15(18)21-3)12(9-11)20-2/h4-9H,1-3H3,(H,16,17)/b5-4+. The Hall–Kier alpha value is -2.76. The lowest BCUT2D eigenvalue weighted by atomic mass is 10.0. The average molecular weight is 288 g/mol. The van der Waals surface area contributed by atoms with Gasteiger partial charge < -0.3 is 19.2 Å². The highest BCUT2D eigenvalue weighted by Crippen LogP contribution is 2.30. The molecular weight excluding hydrogens is 272 g/mol. The molecule has 0 aliphatic carbocycles. The van der Waals surface area contributed by atoms with E-state index in [1.165, 1.54) is 14.2 Å². The summed E-state index contributed by atoms with van der Waals surface area (Å²) in [5.74, 6) is 1.17. The second-order valence-corrected chi connectivity index (χ2v) is 4.09. The molecule has 0 aliphatic rings. The van der Waals surface area contributed by atoms with E-state index in [-0.39, 0.29) is 0 Å². The van der Waals surface area contributed by atoms with Crippen LogP contribution in [0, 0.1) is 0 Å². The summed E-state index contributed by atoms with van der Waals surface area (Å²) in [6.45, 7) is 0. The number of rotatable bonds is 5. The summed E-state index contributed by atoms with van der Waals surface area (Å²) in [5.41, 5.74) is 0.957. The number of imidazole rings is 1. The monoisotopic (exact) mass is 288 g/mol. The highest BCUT2D eigenvalue weighted by atomic mass is 16.5. The smallest absolute Gasteiger partial charge is 0.342 e. The molecule has 1 N–H and O–H groups in total. The number of H-pyrrole nitrogens is 1. The van der Waals surface area contributed by atoms with Crippen molar-refractivity contribution in [2.75, 3.05) is 21.3 Å². The van der Waals surface area contributed by atoms with Crippen LogP contribution in [0.5, 0.6) is 11.5 Å². The van der Waals surface area contributed by atoms with Crippen molar-refractivity contribution in [2.45, 2.75) is 0 Å². The Kier molecular flexibility index (Phi) is 4.61. The highest BCUT2D eigenvalue weighted by Gasteiger charge is 2.18. The highest BCUT2D eigenvalue weighted by molar-refractivity contribution is 5.98. The van der Waals surface area contributed by atoms with Crippen molar-refractivity contribution in [2.24, 2.45) is 0 Å². The van der Waals surface area contributed by atoms with Gasteiger partial charge in [-0.25, -0.2) is 9.78 Å². The van der Waals surface area contributed by atoms with Crippen LogP contribution in [0.4, 0.5) is 0 Å². The number of carbonyl (C=O) groups excluding carboxylic acids is 1. The fraction of sp³-hybridized carbons (Fsp3) is 0.200. The zero-order valence-electron chi connectivity index (χ0n) is 12.0. The first-order valence-corrected chi connectivity index (χ1v) is 6.21. The molecule has 110 valence electrons. The summed E-state index contributed by atoms with van der Waals surface area (Å²) in [6.07, 6.45) is 6.86. The first kappa shape index (κ1) is 14.6. The number of ether oxygens (including phenoxy) is 3. The Morgan fingerprint density at radius 2 is 2.00 bits per heavy atom. The van der Waals surface area contributed by atoms with E-state index < -0.39 is 5.97 Å². The van der Waals surface area contributed by atoms with Gasteiger partial charge in [-0.2, -0.15) is 0 Å². The van der Waals surface area contributed by atoms with E-state index in [0.29, 0.717) is 28.5 Å². The second-order valence-electron chi connectivity index (χ2n) is 4.09. The SMILES string of the molecule is COC(=O)c1c(/C=C/c2ncc[nH]2)cc(OC)cc1OC. The molecule has 6 nitrogen and oxygen atoms in total. The molecule has 0 fully saturated rings. The normalized spacial score (nSPS) is 10.6. The molecule has 2 rings (SSSR count). The number of aromatic amines is 1. The molecule has 0 unspecified atom stereocenters. The maximum atomic E-state index is 12.0. The van der Waals surface area contributed by atoms with Gasteiger partial charge in [0.05, 0.1) is 21.3 Å². The summed E-state index contributed by atoms with van der Waals surface area (Å²) in [6, 6.07) is 3.37. The van der Waals surface area contributed by atoms with Crippen molar-refractivity contribution < 1.29 is 19.0 Å². The third kappa shape index (κ3) is 3.22. The van der Waals surface area contributed by atoms with Crippen molar-refractivity contribution in [1.29, 1.82) is 0 Å². The van der Waals surface area contributed by atoms with Gasteiger partial charge in [-0.05, 0) is 17.7 Å². The largest absolute Gasteiger partial charge is 0.497 e. The van der Waals surface area contributed by atoms with Crippen molar-refractivity contribution in [3.8, 4) is 11.5 Å².